The molecule has 4 rings (SSSR count). The normalized spacial score (nSPS) is 18.1. The summed E-state index contributed by atoms with van der Waals surface area (Å²) in [6.45, 7) is 4.60. The molecule has 0 bridgehead atoms. The maximum atomic E-state index is 13.3. The lowest BCUT2D eigenvalue weighted by Gasteiger charge is -2.42. The van der Waals surface area contributed by atoms with E-state index in [4.69, 9.17) is 14.2 Å². The van der Waals surface area contributed by atoms with Crippen LogP contribution in [0.25, 0.3) is 0 Å². The molecule has 2 aliphatic rings. The van der Waals surface area contributed by atoms with Gasteiger partial charge in [-0.1, -0.05) is 17.8 Å². The van der Waals surface area contributed by atoms with Crippen LogP contribution < -0.4 is 19.1 Å². The molecule has 7 nitrogen and oxygen atoms in total. The van der Waals surface area contributed by atoms with Crippen molar-refractivity contribution in [1.82, 2.24) is 4.90 Å². The number of nitrogens with zero attached hydrogens (tertiary/aromatic N) is 3. The van der Waals surface area contributed by atoms with Crippen molar-refractivity contribution >= 4 is 23.4 Å². The summed E-state index contributed by atoms with van der Waals surface area (Å²) in [6, 6.07) is 12.3. The van der Waals surface area contributed by atoms with Gasteiger partial charge in [-0.3, -0.25) is 9.69 Å². The second-order valence-electron chi connectivity index (χ2n) is 8.09. The van der Waals surface area contributed by atoms with Crippen molar-refractivity contribution in [3.63, 3.8) is 0 Å². The van der Waals surface area contributed by atoms with Crippen molar-refractivity contribution in [3.05, 3.63) is 57.6 Å². The van der Waals surface area contributed by atoms with Gasteiger partial charge in [0, 0.05) is 18.0 Å². The van der Waals surface area contributed by atoms with E-state index in [1.54, 1.807) is 26.2 Å². The Kier molecular flexibility index (Phi) is 6.43. The minimum absolute atomic E-state index is 0.0104. The highest BCUT2D eigenvalue weighted by Gasteiger charge is 2.39. The molecule has 8 heteroatoms. The molecular formula is C25H27N3O4S. The zero-order valence-electron chi connectivity index (χ0n) is 19.5. The molecule has 0 saturated carbocycles. The molecule has 2 aromatic carbocycles. The van der Waals surface area contributed by atoms with Crippen molar-refractivity contribution < 1.29 is 19.0 Å². The molecule has 2 aromatic rings. The molecular weight excluding hydrogens is 438 g/mol. The number of ether oxygens (including phenoxy) is 3. The summed E-state index contributed by atoms with van der Waals surface area (Å²) >= 11 is 1.52. The molecule has 33 heavy (non-hydrogen) atoms. The van der Waals surface area contributed by atoms with Crippen LogP contribution >= 0.6 is 11.8 Å². The average molecular weight is 466 g/mol. The Morgan fingerprint density at radius 1 is 1.03 bits per heavy atom. The van der Waals surface area contributed by atoms with Gasteiger partial charge in [-0.2, -0.15) is 5.26 Å². The van der Waals surface area contributed by atoms with Crippen LogP contribution in [0.5, 0.6) is 17.2 Å². The molecule has 2 heterocycles. The molecule has 2 aliphatic heterocycles. The number of carbonyl (C=O) groups excluding carboxylic acids is 1. The molecule has 1 amide bonds. The number of carbonyl (C=O) groups is 1. The Bertz CT molecular complexity index is 1150. The van der Waals surface area contributed by atoms with E-state index in [0.717, 1.165) is 16.3 Å². The third kappa shape index (κ3) is 4.09. The van der Waals surface area contributed by atoms with Crippen molar-refractivity contribution in [2.45, 2.75) is 26.2 Å². The van der Waals surface area contributed by atoms with Gasteiger partial charge in [0.2, 0.25) is 11.7 Å². The predicted molar refractivity (Wildman–Crippen MR) is 129 cm³/mol. The number of fused-ring (bicyclic) bond motifs is 1. The maximum absolute atomic E-state index is 13.3. The van der Waals surface area contributed by atoms with Crippen LogP contribution in [-0.4, -0.2) is 44.7 Å². The van der Waals surface area contributed by atoms with Crippen LogP contribution in [0.4, 0.5) is 5.69 Å². The largest absolute Gasteiger partial charge is 0.493 e. The lowest BCUT2D eigenvalue weighted by Crippen LogP contribution is -2.47. The van der Waals surface area contributed by atoms with E-state index in [9.17, 15) is 10.1 Å². The van der Waals surface area contributed by atoms with E-state index < -0.39 is 0 Å². The zero-order valence-corrected chi connectivity index (χ0v) is 20.3. The van der Waals surface area contributed by atoms with E-state index in [0.29, 0.717) is 35.4 Å². The van der Waals surface area contributed by atoms with Gasteiger partial charge in [-0.15, -0.1) is 0 Å². The van der Waals surface area contributed by atoms with Gasteiger partial charge in [0.1, 0.15) is 0 Å². The van der Waals surface area contributed by atoms with Crippen LogP contribution in [-0.2, 0) is 4.79 Å². The van der Waals surface area contributed by atoms with Gasteiger partial charge in [-0.25, -0.2) is 0 Å². The topological polar surface area (TPSA) is 75.0 Å². The first-order valence-corrected chi connectivity index (χ1v) is 11.6. The summed E-state index contributed by atoms with van der Waals surface area (Å²) in [7, 11) is 4.65. The third-order valence-electron chi connectivity index (χ3n) is 6.24. The number of hydrogen-bond acceptors (Lipinski definition) is 7. The number of hydrogen-bond donors (Lipinski definition) is 0. The molecule has 0 radical (unpaired) electrons. The number of thioether (sulfide) groups is 1. The fourth-order valence-corrected chi connectivity index (χ4v) is 5.40. The lowest BCUT2D eigenvalue weighted by molar-refractivity contribution is -0.129. The Morgan fingerprint density at radius 2 is 1.73 bits per heavy atom. The Labute approximate surface area is 198 Å². The minimum atomic E-state index is -0.372. The van der Waals surface area contributed by atoms with Crippen molar-refractivity contribution in [2.24, 2.45) is 0 Å². The standard InChI is InChI=1S/C25H27N3O4S/c1-15-6-7-18(8-16(15)2)27-13-28-23(29)11-19(20(12-26)25(28)33-14-27)17-9-21(30-3)24(32-5)22(10-17)31-4/h6-10,19H,11,13-14H2,1-5H3/t19-/m1/s1. The molecule has 1 fully saturated rings. The fourth-order valence-electron chi connectivity index (χ4n) is 4.24. The maximum Gasteiger partial charge on any atom is 0.229 e. The smallest absolute Gasteiger partial charge is 0.229 e. The number of anilines is 1. The van der Waals surface area contributed by atoms with Gasteiger partial charge in [0.05, 0.1) is 50.5 Å². The highest BCUT2D eigenvalue weighted by molar-refractivity contribution is 8.03. The fraction of sp³-hybridized carbons (Fsp3) is 0.360. The SMILES string of the molecule is COc1cc([C@H]2CC(=O)N3CN(c4ccc(C)c(C)c4)CSC3=C2C#N)cc(OC)c1OC. The highest BCUT2D eigenvalue weighted by atomic mass is 32.2. The van der Waals surface area contributed by atoms with E-state index in [1.165, 1.54) is 22.9 Å². The summed E-state index contributed by atoms with van der Waals surface area (Å²) < 4.78 is 16.4. The lowest BCUT2D eigenvalue weighted by atomic mass is 9.86. The number of nitriles is 1. The molecule has 172 valence electrons. The number of aryl methyl sites for hydroxylation is 2. The van der Waals surface area contributed by atoms with Crippen LogP contribution in [0.1, 0.15) is 29.0 Å². The summed E-state index contributed by atoms with van der Waals surface area (Å²) in [5.74, 6) is 1.76. The highest BCUT2D eigenvalue weighted by Crippen LogP contribution is 2.47. The Hall–Kier alpha value is -3.31. The van der Waals surface area contributed by atoms with Crippen LogP contribution in [0.15, 0.2) is 40.9 Å². The minimum Gasteiger partial charge on any atom is -0.493 e. The van der Waals surface area contributed by atoms with Crippen molar-refractivity contribution in [3.8, 4) is 23.3 Å². The predicted octanol–water partition coefficient (Wildman–Crippen LogP) is 4.55. The molecule has 0 aliphatic carbocycles. The van der Waals surface area contributed by atoms with E-state index >= 15 is 0 Å². The number of rotatable bonds is 5. The third-order valence-corrected chi connectivity index (χ3v) is 7.39. The van der Waals surface area contributed by atoms with E-state index in [2.05, 4.69) is 43.0 Å². The van der Waals surface area contributed by atoms with E-state index in [-0.39, 0.29) is 18.2 Å². The summed E-state index contributed by atoms with van der Waals surface area (Å²) in [4.78, 5) is 17.2. The van der Waals surface area contributed by atoms with Crippen molar-refractivity contribution in [2.75, 3.05) is 38.8 Å². The molecule has 1 saturated heterocycles. The zero-order chi connectivity index (χ0) is 23.7. The molecule has 0 N–H and O–H groups in total. The van der Waals surface area contributed by atoms with Gasteiger partial charge >= 0.3 is 0 Å². The number of methoxy groups -OCH3 is 3. The number of amides is 1. The molecule has 1 atom stereocenters. The first kappa shape index (κ1) is 22.9. The molecule has 0 spiro atoms. The number of allylic oxidation sites excluding steroid dienone is 1. The second-order valence-corrected chi connectivity index (χ2v) is 9.02. The second kappa shape index (κ2) is 9.28. The average Bonchev–Trinajstić information content (AvgIpc) is 2.84. The first-order valence-electron chi connectivity index (χ1n) is 10.6. The summed E-state index contributed by atoms with van der Waals surface area (Å²) in [5, 5.41) is 10.8. The van der Waals surface area contributed by atoms with Crippen LogP contribution in [0.2, 0.25) is 0 Å². The summed E-state index contributed by atoms with van der Waals surface area (Å²) in [5.41, 5.74) is 4.90. The Morgan fingerprint density at radius 3 is 2.30 bits per heavy atom. The van der Waals surface area contributed by atoms with Gasteiger partial charge < -0.3 is 19.1 Å². The molecule has 0 aromatic heterocycles. The van der Waals surface area contributed by atoms with Gasteiger partial charge in [-0.05, 0) is 54.8 Å². The number of benzene rings is 2. The van der Waals surface area contributed by atoms with Crippen LogP contribution in [0.3, 0.4) is 0 Å². The van der Waals surface area contributed by atoms with Crippen molar-refractivity contribution in [1.29, 1.82) is 5.26 Å². The van der Waals surface area contributed by atoms with Gasteiger partial charge in [0.25, 0.3) is 0 Å². The quantitative estimate of drug-likeness (QED) is 0.641. The summed E-state index contributed by atoms with van der Waals surface area (Å²) in [6.07, 6.45) is 0.201. The van der Waals surface area contributed by atoms with Gasteiger partial charge in [0.15, 0.2) is 11.5 Å². The molecule has 0 unspecified atom stereocenters. The monoisotopic (exact) mass is 465 g/mol. The first-order chi connectivity index (χ1) is 15.9. The Balaban J connectivity index is 1.70. The van der Waals surface area contributed by atoms with E-state index in [1.807, 2.05) is 12.1 Å². The van der Waals surface area contributed by atoms with Crippen LogP contribution in [0, 0.1) is 25.2 Å².